The van der Waals surface area contributed by atoms with Crippen LogP contribution in [0.2, 0.25) is 0 Å². The minimum absolute atomic E-state index is 0. The molecule has 2 N–H and O–H groups in total. The van der Waals surface area contributed by atoms with Crippen LogP contribution in [0.4, 0.5) is 4.79 Å². The third kappa shape index (κ3) is 1.71. The van der Waals surface area contributed by atoms with Gasteiger partial charge >= 0.3 is 35.6 Å². The van der Waals surface area contributed by atoms with Crippen LogP contribution in [-0.2, 0) is 4.79 Å². The number of nitrogens with one attached hydrogen (secondary N) is 2. The van der Waals surface area contributed by atoms with Crippen LogP contribution >= 0.6 is 0 Å². The molecule has 1 aliphatic heterocycles. The van der Waals surface area contributed by atoms with Crippen molar-refractivity contribution in [3.63, 3.8) is 0 Å². The van der Waals surface area contributed by atoms with E-state index in [1.165, 1.54) is 0 Å². The molecule has 52 valence electrons. The molecular weight excluding hydrogens is 143 g/mol. The Balaban J connectivity index is 0. The summed E-state index contributed by atoms with van der Waals surface area (Å²) in [6, 6.07) is -0.412. The quantitative estimate of drug-likeness (QED) is 0.282. The summed E-state index contributed by atoms with van der Waals surface area (Å²) in [5.74, 6) is -0.271. The number of carbonyl (C=O) groups is 2. The molecule has 1 saturated heterocycles. The van der Waals surface area contributed by atoms with E-state index in [1.807, 2.05) is 0 Å². The number of imide groups is 1. The molecule has 1 fully saturated rings. The van der Waals surface area contributed by atoms with Crippen molar-refractivity contribution < 1.29 is 40.6 Å². The fourth-order valence-electron chi connectivity index (χ4n) is 0.631. The molecule has 0 unspecified atom stereocenters. The Morgan fingerprint density at radius 2 is 1.90 bits per heavy atom. The Bertz CT molecular complexity index is 183. The largest absolute Gasteiger partial charge is 1.00 e. The van der Waals surface area contributed by atoms with Gasteiger partial charge in [-0.15, -0.1) is 0 Å². The first-order valence-corrected chi connectivity index (χ1v) is 2.66. The first kappa shape index (κ1) is 9.94. The van der Waals surface area contributed by atoms with Crippen molar-refractivity contribution in [2.45, 2.75) is 19.4 Å². The maximum absolute atomic E-state index is 10.7. The van der Waals surface area contributed by atoms with E-state index in [9.17, 15) is 9.59 Å². The third-order valence-electron chi connectivity index (χ3n) is 1.22. The molecule has 0 aromatic rings. The summed E-state index contributed by atoms with van der Waals surface area (Å²) in [6.45, 7) is 3.29. The van der Waals surface area contributed by atoms with Crippen LogP contribution in [-0.4, -0.2) is 17.5 Å². The van der Waals surface area contributed by atoms with Gasteiger partial charge in [0.05, 0.1) is 0 Å². The van der Waals surface area contributed by atoms with Crippen LogP contribution in [0.5, 0.6) is 0 Å². The van der Waals surface area contributed by atoms with Gasteiger partial charge in [0.1, 0.15) is 5.54 Å². The van der Waals surface area contributed by atoms with Crippen LogP contribution < -0.4 is 40.2 Å². The van der Waals surface area contributed by atoms with Crippen molar-refractivity contribution in [2.75, 3.05) is 0 Å². The predicted octanol–water partition coefficient (Wildman–Crippen LogP) is -3.28. The van der Waals surface area contributed by atoms with E-state index in [-0.39, 0.29) is 36.9 Å². The van der Waals surface area contributed by atoms with E-state index in [1.54, 1.807) is 13.8 Å². The maximum atomic E-state index is 10.7. The summed E-state index contributed by atoms with van der Waals surface area (Å²) in [5.41, 5.74) is -0.725. The molecule has 1 aliphatic rings. The third-order valence-corrected chi connectivity index (χ3v) is 1.22. The summed E-state index contributed by atoms with van der Waals surface area (Å²) in [4.78, 5) is 21.1. The predicted molar refractivity (Wildman–Crippen MR) is 31.9 cm³/mol. The molecule has 3 amide bonds. The molecule has 0 aromatic heterocycles. The SMILES string of the molecule is CC1(C)NC(=O)NC1=O.[H-].[Na+]. The van der Waals surface area contributed by atoms with Crippen LogP contribution in [0, 0.1) is 0 Å². The zero-order valence-corrected chi connectivity index (χ0v) is 8.32. The van der Waals surface area contributed by atoms with Gasteiger partial charge in [-0.2, -0.15) is 0 Å². The van der Waals surface area contributed by atoms with Gasteiger partial charge in [0.25, 0.3) is 5.91 Å². The molecule has 5 heteroatoms. The molecule has 1 heterocycles. The fraction of sp³-hybridized carbons (Fsp3) is 0.600. The number of hydrogen-bond donors (Lipinski definition) is 2. The molecule has 0 atom stereocenters. The van der Waals surface area contributed by atoms with Gasteiger partial charge in [-0.05, 0) is 13.8 Å². The second-order valence-corrected chi connectivity index (χ2v) is 2.53. The molecule has 0 saturated carbocycles. The normalized spacial score (nSPS) is 21.0. The molecule has 4 nitrogen and oxygen atoms in total. The summed E-state index contributed by atoms with van der Waals surface area (Å²) in [6.07, 6.45) is 0. The smallest absolute Gasteiger partial charge is 1.00 e. The monoisotopic (exact) mass is 152 g/mol. The van der Waals surface area contributed by atoms with Gasteiger partial charge in [-0.25, -0.2) is 4.79 Å². The van der Waals surface area contributed by atoms with E-state index >= 15 is 0 Å². The number of amides is 3. The van der Waals surface area contributed by atoms with Gasteiger partial charge in [0.2, 0.25) is 0 Å². The summed E-state index contributed by atoms with van der Waals surface area (Å²) >= 11 is 0. The fourth-order valence-corrected chi connectivity index (χ4v) is 0.631. The molecule has 0 aliphatic carbocycles. The van der Waals surface area contributed by atoms with Crippen molar-refractivity contribution in [1.82, 2.24) is 10.6 Å². The van der Waals surface area contributed by atoms with E-state index < -0.39 is 11.6 Å². The first-order chi connectivity index (χ1) is 4.02. The Morgan fingerprint density at radius 3 is 2.00 bits per heavy atom. The zero-order chi connectivity index (χ0) is 7.07. The molecule has 0 aromatic carbocycles. The van der Waals surface area contributed by atoms with Gasteiger partial charge < -0.3 is 6.74 Å². The summed E-state index contributed by atoms with van der Waals surface area (Å²) in [7, 11) is 0. The molecule has 0 radical (unpaired) electrons. The molecule has 0 spiro atoms. The maximum Gasteiger partial charge on any atom is 1.00 e. The number of urea groups is 1. The van der Waals surface area contributed by atoms with E-state index in [2.05, 4.69) is 10.6 Å². The van der Waals surface area contributed by atoms with Crippen LogP contribution in [0.25, 0.3) is 0 Å². The summed E-state index contributed by atoms with van der Waals surface area (Å²) < 4.78 is 0. The van der Waals surface area contributed by atoms with E-state index in [0.29, 0.717) is 0 Å². The van der Waals surface area contributed by atoms with Crippen LogP contribution in [0.3, 0.4) is 0 Å². The molecular formula is C5H9N2NaO2. The molecule has 0 bridgehead atoms. The van der Waals surface area contributed by atoms with Crippen molar-refractivity contribution in [1.29, 1.82) is 0 Å². The second kappa shape index (κ2) is 2.90. The number of carbonyl (C=O) groups excluding carboxylic acids is 2. The Morgan fingerprint density at radius 1 is 1.40 bits per heavy atom. The van der Waals surface area contributed by atoms with E-state index in [4.69, 9.17) is 0 Å². The Labute approximate surface area is 82.5 Å². The number of hydrogen-bond acceptors (Lipinski definition) is 2. The van der Waals surface area contributed by atoms with Gasteiger partial charge in [-0.1, -0.05) is 0 Å². The molecule has 10 heavy (non-hydrogen) atoms. The van der Waals surface area contributed by atoms with E-state index in [0.717, 1.165) is 0 Å². The second-order valence-electron chi connectivity index (χ2n) is 2.53. The topological polar surface area (TPSA) is 58.2 Å². The minimum atomic E-state index is -0.725. The van der Waals surface area contributed by atoms with Gasteiger partial charge in [-0.3, -0.25) is 10.1 Å². The van der Waals surface area contributed by atoms with Crippen LogP contribution in [0.15, 0.2) is 0 Å². The standard InChI is InChI=1S/C5H8N2O2.Na.H/c1-5(2)3(8)6-4(9)7-5;;/h1-2H3,(H2,6,7,8,9);;/q;+1;-1. The van der Waals surface area contributed by atoms with Crippen molar-refractivity contribution in [3.05, 3.63) is 0 Å². The first-order valence-electron chi connectivity index (χ1n) is 2.66. The van der Waals surface area contributed by atoms with Gasteiger partial charge in [0.15, 0.2) is 0 Å². The minimum Gasteiger partial charge on any atom is -1.00 e. The van der Waals surface area contributed by atoms with Crippen molar-refractivity contribution in [2.24, 2.45) is 0 Å². The average molecular weight is 152 g/mol. The molecule has 1 rings (SSSR count). The summed E-state index contributed by atoms with van der Waals surface area (Å²) in [5, 5.41) is 4.56. The zero-order valence-electron chi connectivity index (χ0n) is 7.32. The van der Waals surface area contributed by atoms with Crippen molar-refractivity contribution >= 4 is 11.9 Å². The number of rotatable bonds is 0. The average Bonchev–Trinajstić information content (AvgIpc) is 1.79. The van der Waals surface area contributed by atoms with Crippen LogP contribution in [0.1, 0.15) is 15.3 Å². The van der Waals surface area contributed by atoms with Crippen molar-refractivity contribution in [3.8, 4) is 0 Å². The Kier molecular flexibility index (Phi) is 2.88. The van der Waals surface area contributed by atoms with Gasteiger partial charge in [0, 0.05) is 0 Å². The Hall–Kier alpha value is -0.0600.